The first kappa shape index (κ1) is 19.1. The molecule has 0 saturated carbocycles. The number of thioether (sulfide) groups is 1. The molecule has 3 rings (SSSR count). The summed E-state index contributed by atoms with van der Waals surface area (Å²) in [7, 11) is 0. The van der Waals surface area contributed by atoms with Gasteiger partial charge in [-0.1, -0.05) is 26.0 Å². The number of nitrogens with zero attached hydrogens (tertiary/aromatic N) is 2. The molecule has 0 spiro atoms. The quantitative estimate of drug-likeness (QED) is 0.634. The van der Waals surface area contributed by atoms with Crippen LogP contribution in [0.2, 0.25) is 0 Å². The number of fused-ring (bicyclic) bond motifs is 1. The van der Waals surface area contributed by atoms with Crippen molar-refractivity contribution in [3.63, 3.8) is 0 Å². The Morgan fingerprint density at radius 2 is 2.08 bits per heavy atom. The van der Waals surface area contributed by atoms with Crippen molar-refractivity contribution in [1.82, 2.24) is 15.0 Å². The molecule has 0 aliphatic heterocycles. The molecule has 5 heteroatoms. The van der Waals surface area contributed by atoms with Crippen molar-refractivity contribution < 1.29 is 0 Å². The van der Waals surface area contributed by atoms with Gasteiger partial charge in [-0.25, -0.2) is 9.97 Å². The lowest BCUT2D eigenvalue weighted by Crippen LogP contribution is -2.04. The molecular weight excluding hydrogens is 328 g/mol. The van der Waals surface area contributed by atoms with Gasteiger partial charge in [-0.15, -0.1) is 11.8 Å². The highest BCUT2D eigenvalue weighted by Crippen LogP contribution is 2.19. The van der Waals surface area contributed by atoms with Crippen LogP contribution in [-0.2, 0) is 6.42 Å². The van der Waals surface area contributed by atoms with E-state index in [-0.39, 0.29) is 0 Å². The minimum Gasteiger partial charge on any atom is -0.365 e. The van der Waals surface area contributed by atoms with Crippen molar-refractivity contribution in [3.05, 3.63) is 65.0 Å². The number of hydrogen-bond donors (Lipinski definition) is 2. The van der Waals surface area contributed by atoms with E-state index in [2.05, 4.69) is 51.7 Å². The molecule has 0 aromatic carbocycles. The zero-order chi connectivity index (χ0) is 18.1. The second-order valence-electron chi connectivity index (χ2n) is 5.25. The molecule has 2 N–H and O–H groups in total. The van der Waals surface area contributed by atoms with E-state index in [4.69, 9.17) is 0 Å². The monoisotopic (exact) mass is 354 g/mol. The zero-order valence-corrected chi connectivity index (χ0v) is 16.2. The van der Waals surface area contributed by atoms with Gasteiger partial charge in [0.25, 0.3) is 0 Å². The first-order valence-corrected chi connectivity index (χ1v) is 9.81. The van der Waals surface area contributed by atoms with Crippen molar-refractivity contribution in [2.24, 2.45) is 0 Å². The summed E-state index contributed by atoms with van der Waals surface area (Å²) in [6.45, 7) is 6.87. The Balaban J connectivity index is 0.00000109. The molecule has 0 fully saturated rings. The summed E-state index contributed by atoms with van der Waals surface area (Å²) in [4.78, 5) is 13.4. The summed E-state index contributed by atoms with van der Waals surface area (Å²) >= 11 is 1.76. The average molecular weight is 355 g/mol. The highest BCUT2D eigenvalue weighted by Gasteiger charge is 2.05. The van der Waals surface area contributed by atoms with Gasteiger partial charge < -0.3 is 10.3 Å². The van der Waals surface area contributed by atoms with E-state index in [1.54, 1.807) is 18.0 Å². The van der Waals surface area contributed by atoms with Crippen LogP contribution in [0.1, 0.15) is 31.9 Å². The van der Waals surface area contributed by atoms with E-state index in [1.807, 2.05) is 38.4 Å². The Morgan fingerprint density at radius 3 is 2.76 bits per heavy atom. The Kier molecular flexibility index (Phi) is 7.54. The summed E-state index contributed by atoms with van der Waals surface area (Å²) in [6, 6.07) is 8.23. The minimum absolute atomic E-state index is 0.818. The fraction of sp³-hybridized carbons (Fsp3) is 0.300. The topological polar surface area (TPSA) is 53.6 Å². The molecule has 0 bridgehead atoms. The lowest BCUT2D eigenvalue weighted by molar-refractivity contribution is 1.14. The molecule has 0 amide bonds. The van der Waals surface area contributed by atoms with Crippen molar-refractivity contribution in [2.45, 2.75) is 27.2 Å². The van der Waals surface area contributed by atoms with E-state index in [0.29, 0.717) is 0 Å². The van der Waals surface area contributed by atoms with E-state index in [9.17, 15) is 0 Å². The Morgan fingerprint density at radius 1 is 1.24 bits per heavy atom. The van der Waals surface area contributed by atoms with E-state index >= 15 is 0 Å². The maximum Gasteiger partial charge on any atom is 0.137 e. The number of aromatic nitrogens is 3. The highest BCUT2D eigenvalue weighted by molar-refractivity contribution is 8.02. The molecule has 25 heavy (non-hydrogen) atoms. The van der Waals surface area contributed by atoms with E-state index in [1.165, 1.54) is 21.4 Å². The van der Waals surface area contributed by atoms with Gasteiger partial charge in [-0.05, 0) is 47.4 Å². The third kappa shape index (κ3) is 5.10. The molecule has 3 aromatic heterocycles. The first-order chi connectivity index (χ1) is 12.3. The summed E-state index contributed by atoms with van der Waals surface area (Å²) in [6.07, 6.45) is 10.8. The normalized spacial score (nSPS) is 11.1. The summed E-state index contributed by atoms with van der Waals surface area (Å²) in [5, 5.41) is 4.52. The maximum atomic E-state index is 4.51. The van der Waals surface area contributed by atoms with Crippen molar-refractivity contribution >= 4 is 28.6 Å². The third-order valence-electron chi connectivity index (χ3n) is 3.78. The van der Waals surface area contributed by atoms with Crippen LogP contribution in [0.15, 0.2) is 53.8 Å². The molecule has 4 nitrogen and oxygen atoms in total. The van der Waals surface area contributed by atoms with Crippen molar-refractivity contribution in [3.8, 4) is 0 Å². The maximum absolute atomic E-state index is 4.51. The van der Waals surface area contributed by atoms with Crippen LogP contribution < -0.4 is 5.32 Å². The van der Waals surface area contributed by atoms with Crippen molar-refractivity contribution in [1.29, 1.82) is 0 Å². The SMILES string of the molecule is C/C=C(/CNc1ccc(Cc2c[nH]c3ncccc23)cn1)SC.CC. The van der Waals surface area contributed by atoms with Crippen LogP contribution in [0, 0.1) is 0 Å². The summed E-state index contributed by atoms with van der Waals surface area (Å²) in [5.74, 6) is 0.905. The smallest absolute Gasteiger partial charge is 0.137 e. The summed E-state index contributed by atoms with van der Waals surface area (Å²) < 4.78 is 0. The zero-order valence-electron chi connectivity index (χ0n) is 15.3. The fourth-order valence-electron chi connectivity index (χ4n) is 2.48. The molecule has 0 unspecified atom stereocenters. The van der Waals surface area contributed by atoms with Gasteiger partial charge in [-0.3, -0.25) is 0 Å². The Labute approximate surface area is 154 Å². The number of nitrogens with one attached hydrogen (secondary N) is 2. The number of aromatic amines is 1. The van der Waals surface area contributed by atoms with Gasteiger partial charge in [0.1, 0.15) is 11.5 Å². The van der Waals surface area contributed by atoms with Gasteiger partial charge in [0.05, 0.1) is 0 Å². The molecule has 0 saturated heterocycles. The lowest BCUT2D eigenvalue weighted by atomic mass is 10.1. The van der Waals surface area contributed by atoms with Crippen LogP contribution >= 0.6 is 11.8 Å². The predicted octanol–water partition coefficient (Wildman–Crippen LogP) is 5.25. The summed E-state index contributed by atoms with van der Waals surface area (Å²) in [5.41, 5.74) is 3.37. The van der Waals surface area contributed by atoms with Gasteiger partial charge >= 0.3 is 0 Å². The number of allylic oxidation sites excluding steroid dienone is 1. The fourth-order valence-corrected chi connectivity index (χ4v) is 2.93. The Bertz CT molecular complexity index is 806. The van der Waals surface area contributed by atoms with E-state index in [0.717, 1.165) is 24.4 Å². The molecular formula is C20H26N4S. The van der Waals surface area contributed by atoms with Gasteiger partial charge in [0, 0.05) is 36.9 Å². The number of hydrogen-bond acceptors (Lipinski definition) is 4. The second kappa shape index (κ2) is 9.89. The third-order valence-corrected chi connectivity index (χ3v) is 4.69. The number of pyridine rings is 2. The van der Waals surface area contributed by atoms with Crippen LogP contribution in [-0.4, -0.2) is 27.8 Å². The molecule has 0 aliphatic carbocycles. The number of rotatable bonds is 6. The Hall–Kier alpha value is -2.27. The van der Waals surface area contributed by atoms with Crippen molar-refractivity contribution in [2.75, 3.05) is 18.1 Å². The average Bonchev–Trinajstić information content (AvgIpc) is 3.08. The lowest BCUT2D eigenvalue weighted by Gasteiger charge is -2.08. The molecule has 3 heterocycles. The molecule has 0 atom stereocenters. The van der Waals surface area contributed by atoms with Crippen LogP contribution in [0.4, 0.5) is 5.82 Å². The largest absolute Gasteiger partial charge is 0.365 e. The molecule has 0 radical (unpaired) electrons. The molecule has 3 aromatic rings. The predicted molar refractivity (Wildman–Crippen MR) is 110 cm³/mol. The van der Waals surface area contributed by atoms with E-state index < -0.39 is 0 Å². The van der Waals surface area contributed by atoms with Crippen LogP contribution in [0.25, 0.3) is 11.0 Å². The highest BCUT2D eigenvalue weighted by atomic mass is 32.2. The second-order valence-corrected chi connectivity index (χ2v) is 6.19. The standard InChI is InChI=1S/C18H20N4S.C2H6/c1-3-15(23-2)12-21-17-7-6-13(10-20-17)9-14-11-22-18-16(14)5-4-8-19-18;1-2/h3-8,10-11H,9,12H2,1-2H3,(H,19,22)(H,20,21);1-2H3/b15-3-;. The van der Waals surface area contributed by atoms with Crippen LogP contribution in [0.3, 0.4) is 0 Å². The van der Waals surface area contributed by atoms with Gasteiger partial charge in [-0.2, -0.15) is 0 Å². The van der Waals surface area contributed by atoms with Gasteiger partial charge in [0.2, 0.25) is 0 Å². The molecule has 132 valence electrons. The minimum atomic E-state index is 0.818. The number of H-pyrrole nitrogens is 1. The number of anilines is 1. The van der Waals surface area contributed by atoms with Crippen LogP contribution in [0.5, 0.6) is 0 Å². The first-order valence-electron chi connectivity index (χ1n) is 8.59. The van der Waals surface area contributed by atoms with Gasteiger partial charge in [0.15, 0.2) is 0 Å². The molecule has 0 aliphatic rings.